The van der Waals surface area contributed by atoms with Crippen LogP contribution in [0.4, 0.5) is 13.2 Å². The lowest BCUT2D eigenvalue weighted by Crippen LogP contribution is -2.36. The number of amides is 1. The van der Waals surface area contributed by atoms with Gasteiger partial charge < -0.3 is 10.4 Å². The summed E-state index contributed by atoms with van der Waals surface area (Å²) in [7, 11) is 0. The number of pyridine rings is 1. The summed E-state index contributed by atoms with van der Waals surface area (Å²) >= 11 is 0. The van der Waals surface area contributed by atoms with Gasteiger partial charge in [-0.3, -0.25) is 9.78 Å². The maximum atomic E-state index is 12.2. The van der Waals surface area contributed by atoms with Crippen LogP contribution in [0.2, 0.25) is 0 Å². The molecule has 0 spiro atoms. The van der Waals surface area contributed by atoms with Crippen molar-refractivity contribution in [2.45, 2.75) is 32.0 Å². The van der Waals surface area contributed by atoms with Crippen molar-refractivity contribution in [2.75, 3.05) is 6.61 Å². The summed E-state index contributed by atoms with van der Waals surface area (Å²) in [5.41, 5.74) is 0.597. The molecule has 1 heterocycles. The minimum atomic E-state index is -4.33. The first-order valence-electron chi connectivity index (χ1n) is 6.24. The van der Waals surface area contributed by atoms with Gasteiger partial charge in [0.1, 0.15) is 0 Å². The minimum absolute atomic E-state index is 0.0738. The molecule has 4 nitrogen and oxygen atoms in total. The van der Waals surface area contributed by atoms with E-state index < -0.39 is 24.5 Å². The van der Waals surface area contributed by atoms with Crippen LogP contribution in [0, 0.1) is 11.8 Å². The van der Waals surface area contributed by atoms with Gasteiger partial charge in [-0.05, 0) is 13.0 Å². The Kier molecular flexibility index (Phi) is 6.18. The van der Waals surface area contributed by atoms with Gasteiger partial charge >= 0.3 is 6.18 Å². The van der Waals surface area contributed by atoms with Crippen LogP contribution in [0.15, 0.2) is 18.5 Å². The summed E-state index contributed by atoms with van der Waals surface area (Å²) in [6.45, 7) is 1.21. The molecule has 0 saturated carbocycles. The molecule has 1 atom stereocenters. The van der Waals surface area contributed by atoms with E-state index in [2.05, 4.69) is 22.1 Å². The standard InChI is InChI=1S/C14H15F3N2O2/c1-10(7-14(15,16)17)19-13(21)12-6-11(8-18-9-12)4-2-3-5-20/h6,8-10,20H,3,5,7H2,1H3,(H,19,21). The predicted molar refractivity (Wildman–Crippen MR) is 70.4 cm³/mol. The van der Waals surface area contributed by atoms with E-state index in [-0.39, 0.29) is 12.2 Å². The van der Waals surface area contributed by atoms with E-state index in [1.807, 2.05) is 0 Å². The third-order valence-corrected chi connectivity index (χ3v) is 2.39. The van der Waals surface area contributed by atoms with E-state index in [4.69, 9.17) is 5.11 Å². The summed E-state index contributed by atoms with van der Waals surface area (Å²) in [4.78, 5) is 15.6. The molecular formula is C14H15F3N2O2. The molecule has 0 fully saturated rings. The summed E-state index contributed by atoms with van der Waals surface area (Å²) < 4.78 is 36.6. The molecule has 114 valence electrons. The van der Waals surface area contributed by atoms with Crippen LogP contribution in [-0.2, 0) is 0 Å². The Morgan fingerprint density at radius 2 is 2.19 bits per heavy atom. The molecule has 0 saturated heterocycles. The number of carbonyl (C=O) groups is 1. The molecule has 2 N–H and O–H groups in total. The average molecular weight is 300 g/mol. The molecule has 7 heteroatoms. The van der Waals surface area contributed by atoms with E-state index in [1.165, 1.54) is 25.4 Å². The van der Waals surface area contributed by atoms with E-state index in [0.717, 1.165) is 0 Å². The number of halogens is 3. The molecule has 1 unspecified atom stereocenters. The number of aliphatic hydroxyl groups is 1. The van der Waals surface area contributed by atoms with Gasteiger partial charge in [0.2, 0.25) is 0 Å². The highest BCUT2D eigenvalue weighted by molar-refractivity contribution is 5.94. The summed E-state index contributed by atoms with van der Waals surface area (Å²) in [6, 6.07) is 0.411. The van der Waals surface area contributed by atoms with E-state index in [9.17, 15) is 18.0 Å². The fourth-order valence-corrected chi connectivity index (χ4v) is 1.56. The largest absolute Gasteiger partial charge is 0.395 e. The topological polar surface area (TPSA) is 62.2 Å². The van der Waals surface area contributed by atoms with Crippen LogP contribution < -0.4 is 5.32 Å². The van der Waals surface area contributed by atoms with Crippen LogP contribution in [0.3, 0.4) is 0 Å². The van der Waals surface area contributed by atoms with Crippen molar-refractivity contribution in [1.82, 2.24) is 10.3 Å². The van der Waals surface area contributed by atoms with Crippen molar-refractivity contribution in [1.29, 1.82) is 0 Å². The zero-order valence-corrected chi connectivity index (χ0v) is 11.4. The molecule has 0 aromatic carbocycles. The number of nitrogens with one attached hydrogen (secondary N) is 1. The number of rotatable bonds is 4. The van der Waals surface area contributed by atoms with Crippen molar-refractivity contribution in [3.63, 3.8) is 0 Å². The van der Waals surface area contributed by atoms with Gasteiger partial charge in [0.25, 0.3) is 5.91 Å². The van der Waals surface area contributed by atoms with Gasteiger partial charge in [0, 0.05) is 30.4 Å². The van der Waals surface area contributed by atoms with E-state index >= 15 is 0 Å². The summed E-state index contributed by atoms with van der Waals surface area (Å²) in [6.07, 6.45) is -2.45. The highest BCUT2D eigenvalue weighted by Gasteiger charge is 2.30. The average Bonchev–Trinajstić information content (AvgIpc) is 2.37. The lowest BCUT2D eigenvalue weighted by atomic mass is 10.1. The minimum Gasteiger partial charge on any atom is -0.395 e. The van der Waals surface area contributed by atoms with Gasteiger partial charge in [0.15, 0.2) is 0 Å². The fourth-order valence-electron chi connectivity index (χ4n) is 1.56. The van der Waals surface area contributed by atoms with Crippen molar-refractivity contribution < 1.29 is 23.1 Å². The Labute approximate surface area is 120 Å². The van der Waals surface area contributed by atoms with Crippen molar-refractivity contribution in [3.05, 3.63) is 29.6 Å². The number of nitrogens with zero attached hydrogens (tertiary/aromatic N) is 1. The van der Waals surface area contributed by atoms with E-state index in [0.29, 0.717) is 12.0 Å². The number of alkyl halides is 3. The molecule has 0 aliphatic carbocycles. The van der Waals surface area contributed by atoms with Crippen LogP contribution >= 0.6 is 0 Å². The number of carbonyl (C=O) groups excluding carboxylic acids is 1. The highest BCUT2D eigenvalue weighted by atomic mass is 19.4. The summed E-state index contributed by atoms with van der Waals surface area (Å²) in [5.74, 6) is 4.73. The van der Waals surface area contributed by atoms with Crippen LogP contribution in [-0.4, -0.2) is 34.8 Å². The van der Waals surface area contributed by atoms with Gasteiger partial charge in [-0.2, -0.15) is 13.2 Å². The third-order valence-electron chi connectivity index (χ3n) is 2.39. The van der Waals surface area contributed by atoms with Crippen molar-refractivity contribution in [2.24, 2.45) is 0 Å². The second-order valence-electron chi connectivity index (χ2n) is 4.43. The number of hydrogen-bond acceptors (Lipinski definition) is 3. The molecule has 1 aromatic rings. The lowest BCUT2D eigenvalue weighted by molar-refractivity contribution is -0.138. The van der Waals surface area contributed by atoms with Crippen LogP contribution in [0.25, 0.3) is 0 Å². The number of hydrogen-bond donors (Lipinski definition) is 2. The molecule has 0 aliphatic heterocycles. The van der Waals surface area contributed by atoms with Crippen molar-refractivity contribution in [3.8, 4) is 11.8 Å². The van der Waals surface area contributed by atoms with E-state index in [1.54, 1.807) is 0 Å². The Hall–Kier alpha value is -2.07. The zero-order chi connectivity index (χ0) is 15.9. The second-order valence-corrected chi connectivity index (χ2v) is 4.43. The molecule has 1 amide bonds. The first-order chi connectivity index (χ1) is 9.81. The second kappa shape index (κ2) is 7.64. The maximum Gasteiger partial charge on any atom is 0.391 e. The Morgan fingerprint density at radius 1 is 1.48 bits per heavy atom. The Bertz CT molecular complexity index is 547. The van der Waals surface area contributed by atoms with Gasteiger partial charge in [-0.25, -0.2) is 0 Å². The zero-order valence-electron chi connectivity index (χ0n) is 11.4. The number of aliphatic hydroxyl groups excluding tert-OH is 1. The molecule has 0 bridgehead atoms. The third kappa shape index (κ3) is 6.77. The van der Waals surface area contributed by atoms with Gasteiger partial charge in [-0.15, -0.1) is 0 Å². The maximum absolute atomic E-state index is 12.2. The predicted octanol–water partition coefficient (Wildman–Crippen LogP) is 1.89. The highest BCUT2D eigenvalue weighted by Crippen LogP contribution is 2.21. The monoisotopic (exact) mass is 300 g/mol. The summed E-state index contributed by atoms with van der Waals surface area (Å²) in [5, 5.41) is 10.9. The fraction of sp³-hybridized carbons (Fsp3) is 0.429. The van der Waals surface area contributed by atoms with Crippen LogP contribution in [0.1, 0.15) is 35.7 Å². The molecular weight excluding hydrogens is 285 g/mol. The Balaban J connectivity index is 2.71. The smallest absolute Gasteiger partial charge is 0.391 e. The number of aromatic nitrogens is 1. The van der Waals surface area contributed by atoms with Crippen LogP contribution in [0.5, 0.6) is 0 Å². The van der Waals surface area contributed by atoms with Gasteiger partial charge in [-0.1, -0.05) is 11.8 Å². The quantitative estimate of drug-likeness (QED) is 0.835. The molecule has 21 heavy (non-hydrogen) atoms. The molecule has 1 aromatic heterocycles. The first kappa shape index (κ1) is 17.0. The normalized spacial score (nSPS) is 12.2. The SMILES string of the molecule is CC(CC(F)(F)F)NC(=O)c1cncc(C#CCCO)c1. The molecule has 1 rings (SSSR count). The Morgan fingerprint density at radius 3 is 2.81 bits per heavy atom. The lowest BCUT2D eigenvalue weighted by Gasteiger charge is -2.15. The van der Waals surface area contributed by atoms with Gasteiger partial charge in [0.05, 0.1) is 18.6 Å². The van der Waals surface area contributed by atoms with Crippen molar-refractivity contribution >= 4 is 5.91 Å². The first-order valence-corrected chi connectivity index (χ1v) is 6.24. The molecule has 0 aliphatic rings. The molecule has 0 radical (unpaired) electrons.